The number of nitrogens with one attached hydrogen (secondary N) is 2. The minimum Gasteiger partial charge on any atom is -0.467 e. The Labute approximate surface area is 138 Å². The van der Waals surface area contributed by atoms with Crippen molar-refractivity contribution in [1.29, 1.82) is 0 Å². The molecule has 0 bridgehead atoms. The van der Waals surface area contributed by atoms with E-state index in [1.165, 1.54) is 25.3 Å². The third-order valence-electron chi connectivity index (χ3n) is 3.04. The molecule has 8 nitrogen and oxygen atoms in total. The van der Waals surface area contributed by atoms with E-state index in [9.17, 15) is 14.4 Å². The first-order valence-electron chi connectivity index (χ1n) is 7.13. The number of esters is 1. The number of nitrogens with two attached hydrogens (primary N) is 1. The second-order valence-electron chi connectivity index (χ2n) is 4.91. The van der Waals surface area contributed by atoms with Crippen LogP contribution in [0.3, 0.4) is 0 Å². The average Bonchev–Trinajstić information content (AvgIpc) is 3.05. The Morgan fingerprint density at radius 1 is 1.25 bits per heavy atom. The van der Waals surface area contributed by atoms with Gasteiger partial charge in [-0.2, -0.15) is 0 Å². The molecule has 1 aromatic heterocycles. The summed E-state index contributed by atoms with van der Waals surface area (Å²) in [6.07, 6.45) is 0.512. The Morgan fingerprint density at radius 2 is 2.04 bits per heavy atom. The zero-order valence-electron chi connectivity index (χ0n) is 12.9. The van der Waals surface area contributed by atoms with Crippen molar-refractivity contribution in [1.82, 2.24) is 5.32 Å². The van der Waals surface area contributed by atoms with Crippen LogP contribution in [0.1, 0.15) is 23.0 Å². The lowest BCUT2D eigenvalue weighted by Gasteiger charge is -2.13. The molecule has 1 aromatic carbocycles. The van der Waals surface area contributed by atoms with E-state index in [2.05, 4.69) is 10.6 Å². The Hall–Kier alpha value is -3.29. The van der Waals surface area contributed by atoms with E-state index in [1.54, 1.807) is 24.3 Å². The van der Waals surface area contributed by atoms with Crippen LogP contribution in [0.25, 0.3) is 0 Å². The molecule has 3 amide bonds. The van der Waals surface area contributed by atoms with E-state index >= 15 is 0 Å². The number of hydrogen-bond acceptors (Lipinski definition) is 5. The molecule has 2 rings (SSSR count). The lowest BCUT2D eigenvalue weighted by Crippen LogP contribution is -2.35. The van der Waals surface area contributed by atoms with E-state index in [0.717, 1.165) is 0 Å². The van der Waals surface area contributed by atoms with Crippen molar-refractivity contribution in [2.45, 2.75) is 19.6 Å². The van der Waals surface area contributed by atoms with Crippen molar-refractivity contribution in [3.05, 3.63) is 54.0 Å². The number of amides is 3. The molecule has 8 heteroatoms. The number of rotatable bonds is 6. The molecule has 126 valence electrons. The Bertz CT molecular complexity index is 727. The van der Waals surface area contributed by atoms with Crippen LogP contribution in [0.5, 0.6) is 0 Å². The number of furan rings is 1. The fraction of sp³-hybridized carbons (Fsp3) is 0.188. The molecule has 2 aromatic rings. The number of carbonyl (C=O) groups excluding carboxylic acids is 3. The largest absolute Gasteiger partial charge is 0.467 e. The maximum absolute atomic E-state index is 12.1. The summed E-state index contributed by atoms with van der Waals surface area (Å²) in [5.41, 5.74) is 5.56. The molecule has 0 fully saturated rings. The van der Waals surface area contributed by atoms with E-state index < -0.39 is 24.0 Å². The third-order valence-corrected chi connectivity index (χ3v) is 3.04. The smallest absolute Gasteiger partial charge is 0.338 e. The molecule has 0 saturated heterocycles. The Balaban J connectivity index is 1.90. The molecule has 0 spiro atoms. The van der Waals surface area contributed by atoms with Crippen molar-refractivity contribution in [2.75, 3.05) is 5.32 Å². The molecule has 24 heavy (non-hydrogen) atoms. The van der Waals surface area contributed by atoms with Gasteiger partial charge in [-0.25, -0.2) is 9.59 Å². The fourth-order valence-corrected chi connectivity index (χ4v) is 1.88. The molecule has 4 N–H and O–H groups in total. The summed E-state index contributed by atoms with van der Waals surface area (Å²) in [7, 11) is 0. The molecule has 0 aliphatic carbocycles. The van der Waals surface area contributed by atoms with Crippen LogP contribution in [0, 0.1) is 0 Å². The Kier molecular flexibility index (Phi) is 5.56. The van der Waals surface area contributed by atoms with Crippen molar-refractivity contribution >= 4 is 23.6 Å². The number of hydrogen-bond donors (Lipinski definition) is 3. The molecule has 0 aliphatic rings. The van der Waals surface area contributed by atoms with Gasteiger partial charge in [0.05, 0.1) is 18.4 Å². The van der Waals surface area contributed by atoms with Gasteiger partial charge in [0.15, 0.2) is 6.10 Å². The quantitative estimate of drug-likeness (QED) is 0.694. The monoisotopic (exact) mass is 331 g/mol. The fourth-order valence-electron chi connectivity index (χ4n) is 1.88. The minimum absolute atomic E-state index is 0.187. The molecule has 0 unspecified atom stereocenters. The Morgan fingerprint density at radius 3 is 2.71 bits per heavy atom. The van der Waals surface area contributed by atoms with Gasteiger partial charge in [-0.05, 0) is 37.3 Å². The molecule has 0 aliphatic heterocycles. The van der Waals surface area contributed by atoms with Crippen LogP contribution in [-0.2, 0) is 16.1 Å². The van der Waals surface area contributed by atoms with Gasteiger partial charge in [0.25, 0.3) is 5.91 Å². The average molecular weight is 331 g/mol. The number of carbonyl (C=O) groups is 3. The molecular weight excluding hydrogens is 314 g/mol. The highest BCUT2D eigenvalue weighted by molar-refractivity contribution is 5.94. The molecular formula is C16H17N3O5. The highest BCUT2D eigenvalue weighted by atomic mass is 16.5. The van der Waals surface area contributed by atoms with Crippen LogP contribution in [0.15, 0.2) is 47.1 Å². The molecule has 1 heterocycles. The lowest BCUT2D eigenvalue weighted by atomic mass is 10.2. The van der Waals surface area contributed by atoms with Gasteiger partial charge in [-0.15, -0.1) is 0 Å². The van der Waals surface area contributed by atoms with E-state index in [-0.39, 0.29) is 12.1 Å². The number of primary amides is 1. The summed E-state index contributed by atoms with van der Waals surface area (Å²) in [6.45, 7) is 1.66. The third kappa shape index (κ3) is 4.87. The van der Waals surface area contributed by atoms with Gasteiger partial charge in [0, 0.05) is 5.69 Å². The van der Waals surface area contributed by atoms with E-state index in [0.29, 0.717) is 11.4 Å². The second kappa shape index (κ2) is 7.82. The first kappa shape index (κ1) is 17.1. The maximum Gasteiger partial charge on any atom is 0.338 e. The number of anilines is 1. The lowest BCUT2D eigenvalue weighted by molar-refractivity contribution is -0.129. The summed E-state index contributed by atoms with van der Waals surface area (Å²) < 4.78 is 10.2. The zero-order valence-corrected chi connectivity index (χ0v) is 12.9. The van der Waals surface area contributed by atoms with Crippen LogP contribution < -0.4 is 16.4 Å². The van der Waals surface area contributed by atoms with Crippen LogP contribution in [0.2, 0.25) is 0 Å². The summed E-state index contributed by atoms with van der Waals surface area (Å²) in [4.78, 5) is 34.8. The minimum atomic E-state index is -0.986. The first-order chi connectivity index (χ1) is 11.5. The van der Waals surface area contributed by atoms with Gasteiger partial charge in [-0.3, -0.25) is 4.79 Å². The van der Waals surface area contributed by atoms with E-state index in [1.807, 2.05) is 0 Å². The molecule has 1 atom stereocenters. The van der Waals surface area contributed by atoms with Crippen molar-refractivity contribution in [3.63, 3.8) is 0 Å². The molecule has 0 radical (unpaired) electrons. The van der Waals surface area contributed by atoms with Crippen LogP contribution in [-0.4, -0.2) is 24.0 Å². The van der Waals surface area contributed by atoms with Crippen molar-refractivity contribution < 1.29 is 23.5 Å². The SMILES string of the molecule is C[C@H](OC(=O)c1cccc(NC(N)=O)c1)C(=O)NCc1ccco1. The van der Waals surface area contributed by atoms with Gasteiger partial charge < -0.3 is 25.5 Å². The number of benzene rings is 1. The summed E-state index contributed by atoms with van der Waals surface area (Å²) in [6, 6.07) is 8.71. The predicted molar refractivity (Wildman–Crippen MR) is 85.1 cm³/mol. The van der Waals surface area contributed by atoms with Crippen LogP contribution in [0.4, 0.5) is 10.5 Å². The highest BCUT2D eigenvalue weighted by Crippen LogP contribution is 2.12. The number of urea groups is 1. The summed E-state index contributed by atoms with van der Waals surface area (Å²) >= 11 is 0. The highest BCUT2D eigenvalue weighted by Gasteiger charge is 2.19. The summed E-state index contributed by atoms with van der Waals surface area (Å²) in [5, 5.41) is 4.95. The topological polar surface area (TPSA) is 124 Å². The maximum atomic E-state index is 12.1. The zero-order chi connectivity index (χ0) is 17.5. The standard InChI is InChI=1S/C16H17N3O5/c1-10(14(20)18-9-13-6-3-7-23-13)24-15(21)11-4-2-5-12(8-11)19-16(17)22/h2-8,10H,9H2,1H3,(H,18,20)(H3,17,19,22)/t10-/m0/s1. The van der Waals surface area contributed by atoms with Crippen LogP contribution >= 0.6 is 0 Å². The van der Waals surface area contributed by atoms with Crippen molar-refractivity contribution in [3.8, 4) is 0 Å². The molecule has 0 saturated carbocycles. The normalized spacial score (nSPS) is 11.4. The van der Waals surface area contributed by atoms with Gasteiger partial charge in [0.1, 0.15) is 5.76 Å². The van der Waals surface area contributed by atoms with Crippen molar-refractivity contribution in [2.24, 2.45) is 5.73 Å². The van der Waals surface area contributed by atoms with E-state index in [4.69, 9.17) is 14.9 Å². The second-order valence-corrected chi connectivity index (χ2v) is 4.91. The van der Waals surface area contributed by atoms with Gasteiger partial charge in [-0.1, -0.05) is 6.07 Å². The van der Waals surface area contributed by atoms with Gasteiger partial charge >= 0.3 is 12.0 Å². The predicted octanol–water partition coefficient (Wildman–Crippen LogP) is 1.63. The summed E-state index contributed by atoms with van der Waals surface area (Å²) in [5.74, 6) is -0.554. The number of ether oxygens (including phenoxy) is 1. The van der Waals surface area contributed by atoms with Gasteiger partial charge in [0.2, 0.25) is 0 Å². The first-order valence-corrected chi connectivity index (χ1v) is 7.13.